The first-order valence-electron chi connectivity index (χ1n) is 9.03. The standard InChI is InChI=1S/C20H22N2O5S2/c1-13-4-5-18(8-14(13)2)22(15(3)23)20-21-17(11-28-20)10-27-19(24)9-16-6-7-29(25,26)12-16/h4-8,11,16H,9-10,12H2,1-3H3/t16-/m1/s1. The fraction of sp³-hybridized carbons (Fsp3) is 0.350. The number of anilines is 2. The number of benzene rings is 1. The van der Waals surface area contributed by atoms with Crippen LogP contribution in [0.4, 0.5) is 10.8 Å². The molecule has 0 saturated carbocycles. The van der Waals surface area contributed by atoms with Crippen LogP contribution in [-0.2, 0) is 30.8 Å². The summed E-state index contributed by atoms with van der Waals surface area (Å²) in [6.45, 7) is 5.43. The number of amides is 1. The number of hydrogen-bond donors (Lipinski definition) is 0. The Kier molecular flexibility index (Phi) is 6.18. The Hall–Kier alpha value is -2.52. The predicted molar refractivity (Wildman–Crippen MR) is 112 cm³/mol. The van der Waals surface area contributed by atoms with Crippen molar-refractivity contribution >= 4 is 43.9 Å². The van der Waals surface area contributed by atoms with Gasteiger partial charge in [0.25, 0.3) is 0 Å². The summed E-state index contributed by atoms with van der Waals surface area (Å²) in [5.74, 6) is -1.06. The molecule has 9 heteroatoms. The Balaban J connectivity index is 1.64. The number of carbonyl (C=O) groups is 2. The molecule has 0 spiro atoms. The summed E-state index contributed by atoms with van der Waals surface area (Å²) in [5.41, 5.74) is 3.46. The van der Waals surface area contributed by atoms with Crippen LogP contribution in [0.15, 0.2) is 35.1 Å². The summed E-state index contributed by atoms with van der Waals surface area (Å²) in [6.07, 6.45) is 1.53. The quantitative estimate of drug-likeness (QED) is 0.647. The van der Waals surface area contributed by atoms with Crippen LogP contribution >= 0.6 is 11.3 Å². The van der Waals surface area contributed by atoms with Crippen LogP contribution < -0.4 is 4.90 Å². The molecule has 1 aromatic heterocycles. The molecule has 1 aliphatic rings. The van der Waals surface area contributed by atoms with Crippen molar-refractivity contribution in [2.45, 2.75) is 33.8 Å². The molecule has 154 valence electrons. The number of ether oxygens (including phenoxy) is 1. The van der Waals surface area contributed by atoms with Gasteiger partial charge >= 0.3 is 5.97 Å². The molecule has 1 atom stereocenters. The number of nitrogens with zero attached hydrogens (tertiary/aromatic N) is 2. The maximum absolute atomic E-state index is 12.2. The summed E-state index contributed by atoms with van der Waals surface area (Å²) in [7, 11) is -3.19. The molecule has 1 aliphatic heterocycles. The van der Waals surface area contributed by atoms with Crippen LogP contribution in [0.25, 0.3) is 0 Å². The molecule has 2 aromatic rings. The first kappa shape index (κ1) is 21.2. The van der Waals surface area contributed by atoms with Crippen LogP contribution in [-0.4, -0.2) is 31.0 Å². The lowest BCUT2D eigenvalue weighted by molar-refractivity contribution is -0.145. The SMILES string of the molecule is CC(=O)N(c1ccc(C)c(C)c1)c1nc(COC(=O)C[C@H]2C=CS(=O)(=O)C2)cs1. The van der Waals surface area contributed by atoms with E-state index in [0.29, 0.717) is 10.8 Å². The number of sulfone groups is 1. The molecule has 7 nitrogen and oxygen atoms in total. The Morgan fingerprint density at radius 3 is 2.66 bits per heavy atom. The summed E-state index contributed by atoms with van der Waals surface area (Å²) in [4.78, 5) is 30.1. The van der Waals surface area contributed by atoms with Crippen molar-refractivity contribution in [2.75, 3.05) is 10.7 Å². The van der Waals surface area contributed by atoms with Gasteiger partial charge in [0.1, 0.15) is 6.61 Å². The van der Waals surface area contributed by atoms with Crippen LogP contribution in [0.1, 0.15) is 30.2 Å². The Morgan fingerprint density at radius 2 is 2.03 bits per heavy atom. The average molecular weight is 435 g/mol. The van der Waals surface area contributed by atoms with Crippen molar-refractivity contribution in [3.8, 4) is 0 Å². The predicted octanol–water partition coefficient (Wildman–Crippen LogP) is 3.44. The molecule has 1 aromatic carbocycles. The maximum Gasteiger partial charge on any atom is 0.306 e. The third-order valence-electron chi connectivity index (χ3n) is 4.61. The highest BCUT2D eigenvalue weighted by molar-refractivity contribution is 7.94. The van der Waals surface area contributed by atoms with Crippen molar-refractivity contribution in [1.29, 1.82) is 0 Å². The maximum atomic E-state index is 12.2. The lowest BCUT2D eigenvalue weighted by Crippen LogP contribution is -2.22. The second-order valence-electron chi connectivity index (χ2n) is 7.03. The van der Waals surface area contributed by atoms with Crippen molar-refractivity contribution in [1.82, 2.24) is 4.98 Å². The zero-order valence-electron chi connectivity index (χ0n) is 16.4. The van der Waals surface area contributed by atoms with E-state index < -0.39 is 15.8 Å². The van der Waals surface area contributed by atoms with E-state index in [-0.39, 0.29) is 30.6 Å². The van der Waals surface area contributed by atoms with Crippen molar-refractivity contribution < 1.29 is 22.7 Å². The van der Waals surface area contributed by atoms with Crippen molar-refractivity contribution in [3.05, 3.63) is 51.9 Å². The van der Waals surface area contributed by atoms with Crippen LogP contribution in [0, 0.1) is 19.8 Å². The van der Waals surface area contributed by atoms with Crippen molar-refractivity contribution in [3.63, 3.8) is 0 Å². The second-order valence-corrected chi connectivity index (χ2v) is 9.80. The lowest BCUT2D eigenvalue weighted by Gasteiger charge is -2.19. The molecule has 29 heavy (non-hydrogen) atoms. The number of hydrogen-bond acceptors (Lipinski definition) is 7. The first-order valence-corrected chi connectivity index (χ1v) is 11.6. The second kappa shape index (κ2) is 8.46. The van der Waals surface area contributed by atoms with E-state index in [1.807, 2.05) is 32.0 Å². The molecular weight excluding hydrogens is 412 g/mol. The minimum absolute atomic E-state index is 0.00887. The molecule has 1 amide bonds. The molecule has 0 fully saturated rings. The Bertz CT molecular complexity index is 1070. The molecule has 0 radical (unpaired) electrons. The summed E-state index contributed by atoms with van der Waals surface area (Å²) >= 11 is 1.29. The fourth-order valence-electron chi connectivity index (χ4n) is 2.95. The molecule has 0 unspecified atom stereocenters. The van der Waals surface area contributed by atoms with Gasteiger partial charge in [-0.1, -0.05) is 12.1 Å². The number of carbonyl (C=O) groups excluding carboxylic acids is 2. The van der Waals surface area contributed by atoms with E-state index in [0.717, 1.165) is 22.2 Å². The Labute approximate surface area is 173 Å². The van der Waals surface area contributed by atoms with E-state index in [1.165, 1.54) is 29.2 Å². The fourth-order valence-corrected chi connectivity index (χ4v) is 5.22. The summed E-state index contributed by atoms with van der Waals surface area (Å²) in [6, 6.07) is 5.75. The van der Waals surface area contributed by atoms with Crippen molar-refractivity contribution in [2.24, 2.45) is 5.92 Å². The number of esters is 1. The van der Waals surface area contributed by atoms with E-state index in [1.54, 1.807) is 5.38 Å². The van der Waals surface area contributed by atoms with E-state index in [2.05, 4.69) is 4.98 Å². The number of aryl methyl sites for hydroxylation is 2. The van der Waals surface area contributed by atoms with Gasteiger partial charge in [0.2, 0.25) is 5.91 Å². The van der Waals surface area contributed by atoms with E-state index in [9.17, 15) is 18.0 Å². The number of thiazole rings is 1. The molecule has 0 aliphatic carbocycles. The first-order chi connectivity index (χ1) is 13.6. The van der Waals surface area contributed by atoms with E-state index >= 15 is 0 Å². The zero-order chi connectivity index (χ0) is 21.2. The number of allylic oxidation sites excluding steroid dienone is 1. The van der Waals surface area contributed by atoms with Crippen LogP contribution in [0.2, 0.25) is 0 Å². The number of rotatable bonds is 6. The van der Waals surface area contributed by atoms with Gasteiger partial charge in [-0.2, -0.15) is 0 Å². The van der Waals surface area contributed by atoms with Crippen LogP contribution in [0.3, 0.4) is 0 Å². The molecule has 2 heterocycles. The Morgan fingerprint density at radius 1 is 1.28 bits per heavy atom. The van der Waals surface area contributed by atoms with Gasteiger partial charge in [-0.15, -0.1) is 11.3 Å². The third-order valence-corrected chi connectivity index (χ3v) is 6.95. The smallest absolute Gasteiger partial charge is 0.306 e. The zero-order valence-corrected chi connectivity index (χ0v) is 18.0. The van der Waals surface area contributed by atoms with Gasteiger partial charge in [0.15, 0.2) is 15.0 Å². The highest BCUT2D eigenvalue weighted by Crippen LogP contribution is 2.30. The minimum atomic E-state index is -3.19. The molecule has 0 saturated heterocycles. The topological polar surface area (TPSA) is 93.6 Å². The van der Waals surface area contributed by atoms with Gasteiger partial charge in [-0.05, 0) is 37.1 Å². The minimum Gasteiger partial charge on any atom is -0.459 e. The summed E-state index contributed by atoms with van der Waals surface area (Å²) < 4.78 is 28.0. The molecule has 0 N–H and O–H groups in total. The van der Waals surface area contributed by atoms with Crippen LogP contribution in [0.5, 0.6) is 0 Å². The van der Waals surface area contributed by atoms with Gasteiger partial charge in [0, 0.05) is 23.6 Å². The average Bonchev–Trinajstić information content (AvgIpc) is 3.22. The van der Waals surface area contributed by atoms with E-state index in [4.69, 9.17) is 4.74 Å². The van der Waals surface area contributed by atoms with Gasteiger partial charge in [-0.25, -0.2) is 13.4 Å². The largest absolute Gasteiger partial charge is 0.459 e. The third kappa shape index (κ3) is 5.30. The van der Waals surface area contributed by atoms with Gasteiger partial charge in [0.05, 0.1) is 23.6 Å². The van der Waals surface area contributed by atoms with Gasteiger partial charge in [-0.3, -0.25) is 14.5 Å². The summed E-state index contributed by atoms with van der Waals surface area (Å²) in [5, 5.41) is 3.37. The highest BCUT2D eigenvalue weighted by Gasteiger charge is 2.25. The number of aromatic nitrogens is 1. The molecule has 0 bridgehead atoms. The highest BCUT2D eigenvalue weighted by atomic mass is 32.2. The van der Waals surface area contributed by atoms with Gasteiger partial charge < -0.3 is 4.74 Å². The molecule has 3 rings (SSSR count). The molecular formula is C20H22N2O5S2. The monoisotopic (exact) mass is 434 g/mol. The lowest BCUT2D eigenvalue weighted by atomic mass is 10.1. The normalized spacial score (nSPS) is 17.3.